The first-order valence-corrected chi connectivity index (χ1v) is 22.2. The summed E-state index contributed by atoms with van der Waals surface area (Å²) in [6.07, 6.45) is 27.0. The number of aliphatic carboxylic acids is 1. The third-order valence-corrected chi connectivity index (χ3v) is 10.4. The smallest absolute Gasteiger partial charge is 0.335 e. The Morgan fingerprint density at radius 2 is 0.982 bits per heavy atom. The summed E-state index contributed by atoms with van der Waals surface area (Å²) in [5, 5.41) is 39.7. The molecule has 0 spiro atoms. The SMILES string of the molecule is CCCC/C=C\CCCCCCCC(=O)OCC(COC1OC(C(=O)O)C(O)C(O)C1O)OC(=O)CCCCCCCCCCCCCCCCCCCC. The maximum Gasteiger partial charge on any atom is 0.335 e. The van der Waals surface area contributed by atoms with Gasteiger partial charge in [0, 0.05) is 12.8 Å². The number of hydrogen-bond acceptors (Lipinski definition) is 10. The van der Waals surface area contributed by atoms with Gasteiger partial charge >= 0.3 is 17.9 Å². The van der Waals surface area contributed by atoms with E-state index in [4.69, 9.17) is 18.9 Å². The van der Waals surface area contributed by atoms with Crippen molar-refractivity contribution in [1.82, 2.24) is 0 Å². The molecule has 1 aliphatic heterocycles. The molecule has 0 aromatic carbocycles. The molecule has 6 unspecified atom stereocenters. The Labute approximate surface area is 333 Å². The summed E-state index contributed by atoms with van der Waals surface area (Å²) in [6.45, 7) is 3.77. The van der Waals surface area contributed by atoms with E-state index in [0.717, 1.165) is 57.8 Å². The number of esters is 2. The van der Waals surface area contributed by atoms with Crippen molar-refractivity contribution in [1.29, 1.82) is 0 Å². The number of carboxylic acids is 1. The number of carbonyl (C=O) groups excluding carboxylic acids is 2. The summed E-state index contributed by atoms with van der Waals surface area (Å²) >= 11 is 0. The number of hydrogen-bond donors (Lipinski definition) is 4. The Morgan fingerprint density at radius 1 is 0.545 bits per heavy atom. The van der Waals surface area contributed by atoms with Crippen molar-refractivity contribution in [2.45, 2.75) is 237 Å². The molecule has 322 valence electrons. The molecule has 6 atom stereocenters. The molecule has 0 aliphatic carbocycles. The third-order valence-electron chi connectivity index (χ3n) is 10.4. The van der Waals surface area contributed by atoms with Crippen molar-refractivity contribution >= 4 is 17.9 Å². The number of carboxylic acid groups (broad SMARTS) is 1. The molecule has 1 fully saturated rings. The van der Waals surface area contributed by atoms with Crippen molar-refractivity contribution in [2.24, 2.45) is 0 Å². The molecule has 1 heterocycles. The van der Waals surface area contributed by atoms with Gasteiger partial charge in [0.1, 0.15) is 24.9 Å². The van der Waals surface area contributed by atoms with Crippen LogP contribution in [0.3, 0.4) is 0 Å². The lowest BCUT2D eigenvalue weighted by Gasteiger charge is -2.38. The molecule has 11 heteroatoms. The fourth-order valence-electron chi connectivity index (χ4n) is 6.80. The first kappa shape index (κ1) is 51.0. The van der Waals surface area contributed by atoms with Crippen molar-refractivity contribution < 1.29 is 53.8 Å². The number of carbonyl (C=O) groups is 3. The van der Waals surface area contributed by atoms with E-state index in [-0.39, 0.29) is 26.1 Å². The average Bonchev–Trinajstić information content (AvgIpc) is 3.17. The molecule has 0 saturated carbocycles. The summed E-state index contributed by atoms with van der Waals surface area (Å²) in [7, 11) is 0. The standard InChI is InChI=1S/C44H80O11/c1-3-5-7-9-11-13-15-16-17-18-19-20-21-23-25-27-29-31-33-38(46)54-36(35-53-44-41(49)39(47)40(48)42(55-44)43(50)51)34-52-37(45)32-30-28-26-24-22-14-12-10-8-6-4-2/h10,12,36,39-42,44,47-49H,3-9,11,13-35H2,1-2H3,(H,50,51)/b12-10-. The predicted molar refractivity (Wildman–Crippen MR) is 215 cm³/mol. The van der Waals surface area contributed by atoms with E-state index < -0.39 is 54.7 Å². The van der Waals surface area contributed by atoms with Gasteiger partial charge in [0.25, 0.3) is 0 Å². The van der Waals surface area contributed by atoms with Crippen LogP contribution in [0.15, 0.2) is 12.2 Å². The number of allylic oxidation sites excluding steroid dienone is 2. The van der Waals surface area contributed by atoms with Crippen LogP contribution in [0.5, 0.6) is 0 Å². The zero-order chi connectivity index (χ0) is 40.4. The highest BCUT2D eigenvalue weighted by molar-refractivity contribution is 5.73. The van der Waals surface area contributed by atoms with Crippen LogP contribution in [-0.4, -0.2) is 88.4 Å². The van der Waals surface area contributed by atoms with Crippen molar-refractivity contribution in [3.63, 3.8) is 0 Å². The zero-order valence-corrected chi connectivity index (χ0v) is 34.7. The van der Waals surface area contributed by atoms with Crippen LogP contribution in [0.25, 0.3) is 0 Å². The lowest BCUT2D eigenvalue weighted by molar-refractivity contribution is -0.298. The Balaban J connectivity index is 2.35. The van der Waals surface area contributed by atoms with Gasteiger partial charge in [-0.2, -0.15) is 0 Å². The minimum Gasteiger partial charge on any atom is -0.479 e. The van der Waals surface area contributed by atoms with Gasteiger partial charge in [-0.15, -0.1) is 0 Å². The minimum absolute atomic E-state index is 0.187. The molecular formula is C44H80O11. The summed E-state index contributed by atoms with van der Waals surface area (Å²) in [6, 6.07) is 0. The molecule has 0 amide bonds. The molecule has 0 bridgehead atoms. The first-order valence-electron chi connectivity index (χ1n) is 22.2. The van der Waals surface area contributed by atoms with Gasteiger partial charge < -0.3 is 39.4 Å². The van der Waals surface area contributed by atoms with Gasteiger partial charge in [-0.1, -0.05) is 167 Å². The van der Waals surface area contributed by atoms with Gasteiger partial charge in [0.15, 0.2) is 18.5 Å². The largest absolute Gasteiger partial charge is 0.479 e. The monoisotopic (exact) mass is 785 g/mol. The quantitative estimate of drug-likeness (QED) is 0.0269. The molecule has 4 N–H and O–H groups in total. The Kier molecular flexibility index (Phi) is 32.6. The maximum atomic E-state index is 12.8. The lowest BCUT2D eigenvalue weighted by atomic mass is 9.99. The molecule has 55 heavy (non-hydrogen) atoms. The molecule has 0 aromatic rings. The van der Waals surface area contributed by atoms with Crippen LogP contribution in [0, 0.1) is 0 Å². The minimum atomic E-state index is -1.86. The zero-order valence-electron chi connectivity index (χ0n) is 34.7. The van der Waals surface area contributed by atoms with E-state index in [9.17, 15) is 34.8 Å². The molecule has 1 aliphatic rings. The maximum absolute atomic E-state index is 12.8. The van der Waals surface area contributed by atoms with E-state index in [0.29, 0.717) is 12.8 Å². The number of aliphatic hydroxyl groups is 3. The van der Waals surface area contributed by atoms with E-state index in [1.54, 1.807) is 0 Å². The van der Waals surface area contributed by atoms with Crippen LogP contribution >= 0.6 is 0 Å². The Morgan fingerprint density at radius 3 is 1.47 bits per heavy atom. The summed E-state index contributed by atoms with van der Waals surface area (Å²) in [5.41, 5.74) is 0. The highest BCUT2D eigenvalue weighted by Gasteiger charge is 2.47. The predicted octanol–water partition coefficient (Wildman–Crippen LogP) is 9.26. The van der Waals surface area contributed by atoms with Gasteiger partial charge in [-0.05, 0) is 32.1 Å². The molecule has 0 aromatic heterocycles. The summed E-state index contributed by atoms with van der Waals surface area (Å²) in [4.78, 5) is 36.7. The normalized spacial score (nSPS) is 20.5. The summed E-state index contributed by atoms with van der Waals surface area (Å²) < 4.78 is 21.7. The molecule has 1 rings (SSSR count). The van der Waals surface area contributed by atoms with Crippen molar-refractivity contribution in [2.75, 3.05) is 13.2 Å². The van der Waals surface area contributed by atoms with Gasteiger partial charge in [0.2, 0.25) is 0 Å². The van der Waals surface area contributed by atoms with E-state index in [2.05, 4.69) is 26.0 Å². The second kappa shape index (κ2) is 35.1. The fraction of sp³-hybridized carbons (Fsp3) is 0.886. The summed E-state index contributed by atoms with van der Waals surface area (Å²) in [5.74, 6) is -2.44. The third kappa shape index (κ3) is 27.3. The number of ether oxygens (including phenoxy) is 4. The number of unbranched alkanes of at least 4 members (excludes halogenated alkanes) is 24. The number of aliphatic hydroxyl groups excluding tert-OH is 3. The van der Waals surface area contributed by atoms with E-state index >= 15 is 0 Å². The van der Waals surface area contributed by atoms with Crippen LogP contribution < -0.4 is 0 Å². The van der Waals surface area contributed by atoms with E-state index in [1.807, 2.05) is 0 Å². The highest BCUT2D eigenvalue weighted by Crippen LogP contribution is 2.23. The van der Waals surface area contributed by atoms with Gasteiger partial charge in [-0.3, -0.25) is 9.59 Å². The second-order valence-corrected chi connectivity index (χ2v) is 15.5. The Hall–Kier alpha value is -2.05. The van der Waals surface area contributed by atoms with Crippen LogP contribution in [-0.2, 0) is 33.3 Å². The second-order valence-electron chi connectivity index (χ2n) is 15.5. The van der Waals surface area contributed by atoms with Crippen LogP contribution in [0.2, 0.25) is 0 Å². The number of rotatable bonds is 37. The van der Waals surface area contributed by atoms with Gasteiger partial charge in [0.05, 0.1) is 6.61 Å². The van der Waals surface area contributed by atoms with Crippen molar-refractivity contribution in [3.05, 3.63) is 12.2 Å². The fourth-order valence-corrected chi connectivity index (χ4v) is 6.80. The Bertz CT molecular complexity index is 973. The van der Waals surface area contributed by atoms with Crippen LogP contribution in [0.4, 0.5) is 0 Å². The highest BCUT2D eigenvalue weighted by atomic mass is 16.7. The molecule has 11 nitrogen and oxygen atoms in total. The van der Waals surface area contributed by atoms with Gasteiger partial charge in [-0.25, -0.2) is 4.79 Å². The van der Waals surface area contributed by atoms with Crippen LogP contribution in [0.1, 0.15) is 200 Å². The lowest BCUT2D eigenvalue weighted by Crippen LogP contribution is -2.60. The first-order chi connectivity index (χ1) is 26.7. The van der Waals surface area contributed by atoms with Crippen molar-refractivity contribution in [3.8, 4) is 0 Å². The van der Waals surface area contributed by atoms with E-state index in [1.165, 1.54) is 103 Å². The average molecular weight is 785 g/mol. The molecule has 1 saturated heterocycles. The topological polar surface area (TPSA) is 169 Å². The molecule has 0 radical (unpaired) electrons. The molecular weight excluding hydrogens is 704 g/mol.